The minimum absolute atomic E-state index is 0.106. The zero-order valence-corrected chi connectivity index (χ0v) is 11.6. The van der Waals surface area contributed by atoms with Gasteiger partial charge in [-0.25, -0.2) is 4.39 Å². The summed E-state index contributed by atoms with van der Waals surface area (Å²) in [6.45, 7) is 2.15. The van der Waals surface area contributed by atoms with Gasteiger partial charge in [-0.2, -0.15) is 5.26 Å². The Balaban J connectivity index is 1.80. The molecule has 2 aromatic carbocycles. The molecule has 0 amide bonds. The third-order valence-corrected chi connectivity index (χ3v) is 3.91. The van der Waals surface area contributed by atoms with E-state index in [4.69, 9.17) is 11.0 Å². The fraction of sp³-hybridized carbons (Fsp3) is 0.235. The van der Waals surface area contributed by atoms with Crippen LogP contribution in [0.15, 0.2) is 36.4 Å². The summed E-state index contributed by atoms with van der Waals surface area (Å²) in [7, 11) is 0. The number of benzene rings is 2. The van der Waals surface area contributed by atoms with Crippen LogP contribution < -0.4 is 5.73 Å². The molecule has 0 aliphatic carbocycles. The van der Waals surface area contributed by atoms with Gasteiger partial charge in [-0.3, -0.25) is 4.90 Å². The highest BCUT2D eigenvalue weighted by Gasteiger charge is 2.18. The zero-order chi connectivity index (χ0) is 14.8. The van der Waals surface area contributed by atoms with Crippen LogP contribution in [0.3, 0.4) is 0 Å². The molecule has 3 rings (SSSR count). The number of nitrogen functional groups attached to an aromatic ring is 1. The molecule has 0 bridgehead atoms. The Morgan fingerprint density at radius 3 is 2.90 bits per heavy atom. The van der Waals surface area contributed by atoms with E-state index >= 15 is 0 Å². The molecule has 106 valence electrons. The van der Waals surface area contributed by atoms with Gasteiger partial charge in [0.2, 0.25) is 0 Å². The summed E-state index contributed by atoms with van der Waals surface area (Å²) in [4.78, 5) is 2.18. The molecule has 0 spiro atoms. The van der Waals surface area contributed by atoms with Gasteiger partial charge in [0.25, 0.3) is 0 Å². The van der Waals surface area contributed by atoms with Gasteiger partial charge in [-0.1, -0.05) is 18.2 Å². The predicted octanol–water partition coefficient (Wildman–Crippen LogP) is 2.84. The molecule has 0 unspecified atom stereocenters. The molecule has 0 atom stereocenters. The van der Waals surface area contributed by atoms with E-state index in [1.165, 1.54) is 17.2 Å². The summed E-state index contributed by atoms with van der Waals surface area (Å²) in [6.07, 6.45) is 0.940. The van der Waals surface area contributed by atoms with E-state index in [9.17, 15) is 4.39 Å². The molecule has 0 fully saturated rings. The third-order valence-electron chi connectivity index (χ3n) is 3.91. The second-order valence-electron chi connectivity index (χ2n) is 5.38. The highest BCUT2D eigenvalue weighted by atomic mass is 19.1. The van der Waals surface area contributed by atoms with Crippen molar-refractivity contribution in [2.24, 2.45) is 0 Å². The molecule has 1 heterocycles. The second kappa shape index (κ2) is 5.55. The largest absolute Gasteiger partial charge is 0.399 e. The highest BCUT2D eigenvalue weighted by molar-refractivity contribution is 5.45. The summed E-state index contributed by atoms with van der Waals surface area (Å²) in [5.41, 5.74) is 9.78. The lowest BCUT2D eigenvalue weighted by Crippen LogP contribution is -2.30. The van der Waals surface area contributed by atoms with Crippen LogP contribution in [0.2, 0.25) is 0 Å². The van der Waals surface area contributed by atoms with Crippen LogP contribution in [-0.4, -0.2) is 11.4 Å². The molecule has 3 nitrogen and oxygen atoms in total. The van der Waals surface area contributed by atoms with Gasteiger partial charge >= 0.3 is 0 Å². The van der Waals surface area contributed by atoms with Crippen LogP contribution in [0, 0.1) is 17.1 Å². The van der Waals surface area contributed by atoms with Gasteiger partial charge in [0.05, 0.1) is 5.56 Å². The van der Waals surface area contributed by atoms with Gasteiger partial charge in [0.1, 0.15) is 11.9 Å². The number of anilines is 1. The maximum Gasteiger partial charge on any atom is 0.145 e. The summed E-state index contributed by atoms with van der Waals surface area (Å²) in [5, 5.41) is 8.89. The lowest BCUT2D eigenvalue weighted by atomic mass is 9.98. The van der Waals surface area contributed by atoms with Gasteiger partial charge in [0, 0.05) is 30.9 Å². The van der Waals surface area contributed by atoms with Gasteiger partial charge in [0.15, 0.2) is 0 Å². The Hall–Kier alpha value is -2.38. The first-order valence-electron chi connectivity index (χ1n) is 6.94. The van der Waals surface area contributed by atoms with E-state index in [1.807, 2.05) is 18.2 Å². The molecular weight excluding hydrogens is 265 g/mol. The average Bonchev–Trinajstić information content (AvgIpc) is 2.49. The Morgan fingerprint density at radius 2 is 2.10 bits per heavy atom. The molecule has 2 aromatic rings. The quantitative estimate of drug-likeness (QED) is 0.861. The van der Waals surface area contributed by atoms with E-state index in [0.29, 0.717) is 12.1 Å². The smallest absolute Gasteiger partial charge is 0.145 e. The van der Waals surface area contributed by atoms with E-state index in [2.05, 4.69) is 11.0 Å². The van der Waals surface area contributed by atoms with Crippen molar-refractivity contribution < 1.29 is 4.39 Å². The molecule has 0 radical (unpaired) electrons. The number of nitrogens with two attached hydrogens (primary N) is 1. The molecule has 0 saturated carbocycles. The number of nitrogens with zero attached hydrogens (tertiary/aromatic N) is 2. The van der Waals surface area contributed by atoms with Crippen molar-refractivity contribution in [2.75, 3.05) is 12.3 Å². The number of nitriles is 1. The van der Waals surface area contributed by atoms with Crippen molar-refractivity contribution in [1.82, 2.24) is 4.90 Å². The minimum atomic E-state index is -0.404. The maximum atomic E-state index is 14.1. The molecular formula is C17H16FN3. The van der Waals surface area contributed by atoms with E-state index in [1.54, 1.807) is 12.1 Å². The normalized spacial score (nSPS) is 14.5. The molecule has 4 heteroatoms. The number of halogens is 1. The summed E-state index contributed by atoms with van der Waals surface area (Å²) in [5.74, 6) is -0.404. The first-order valence-corrected chi connectivity index (χ1v) is 6.94. The van der Waals surface area contributed by atoms with Gasteiger partial charge < -0.3 is 5.73 Å². The number of fused-ring (bicyclic) bond motifs is 1. The lowest BCUT2D eigenvalue weighted by Gasteiger charge is -2.29. The van der Waals surface area contributed by atoms with Crippen molar-refractivity contribution >= 4 is 5.69 Å². The SMILES string of the molecule is N#Cc1cccc(CN2CCc3ccc(N)cc3C2)c1F. The Morgan fingerprint density at radius 1 is 1.24 bits per heavy atom. The number of hydrogen-bond acceptors (Lipinski definition) is 3. The van der Waals surface area contributed by atoms with Crippen molar-refractivity contribution in [3.63, 3.8) is 0 Å². The number of hydrogen-bond donors (Lipinski definition) is 1. The topological polar surface area (TPSA) is 53.0 Å². The lowest BCUT2D eigenvalue weighted by molar-refractivity contribution is 0.242. The van der Waals surface area contributed by atoms with Crippen LogP contribution in [-0.2, 0) is 19.5 Å². The van der Waals surface area contributed by atoms with Crippen molar-refractivity contribution in [2.45, 2.75) is 19.5 Å². The molecule has 1 aliphatic rings. The van der Waals surface area contributed by atoms with Crippen molar-refractivity contribution in [3.05, 3.63) is 64.5 Å². The second-order valence-corrected chi connectivity index (χ2v) is 5.38. The monoisotopic (exact) mass is 281 g/mol. The van der Waals surface area contributed by atoms with Crippen molar-refractivity contribution in [1.29, 1.82) is 5.26 Å². The molecule has 2 N–H and O–H groups in total. The van der Waals surface area contributed by atoms with Crippen molar-refractivity contribution in [3.8, 4) is 6.07 Å². The maximum absolute atomic E-state index is 14.1. The fourth-order valence-corrected chi connectivity index (χ4v) is 2.80. The first kappa shape index (κ1) is 13.6. The van der Waals surface area contributed by atoms with Crippen LogP contribution in [0.5, 0.6) is 0 Å². The van der Waals surface area contributed by atoms with E-state index < -0.39 is 5.82 Å². The first-order chi connectivity index (χ1) is 10.2. The van der Waals surface area contributed by atoms with Crippen LogP contribution in [0.4, 0.5) is 10.1 Å². The van der Waals surface area contributed by atoms with Crippen LogP contribution in [0.1, 0.15) is 22.3 Å². The summed E-state index contributed by atoms with van der Waals surface area (Å²) >= 11 is 0. The van der Waals surface area contributed by atoms with E-state index in [0.717, 1.165) is 25.2 Å². The van der Waals surface area contributed by atoms with Crippen LogP contribution >= 0.6 is 0 Å². The highest BCUT2D eigenvalue weighted by Crippen LogP contribution is 2.23. The summed E-state index contributed by atoms with van der Waals surface area (Å²) in [6, 6.07) is 12.8. The third kappa shape index (κ3) is 2.74. The predicted molar refractivity (Wildman–Crippen MR) is 79.8 cm³/mol. The zero-order valence-electron chi connectivity index (χ0n) is 11.6. The average molecular weight is 281 g/mol. The van der Waals surface area contributed by atoms with Crippen LogP contribution in [0.25, 0.3) is 0 Å². The summed E-state index contributed by atoms with van der Waals surface area (Å²) < 4.78 is 14.1. The Kier molecular flexibility index (Phi) is 3.59. The van der Waals surface area contributed by atoms with Gasteiger partial charge in [-0.15, -0.1) is 0 Å². The minimum Gasteiger partial charge on any atom is -0.399 e. The fourth-order valence-electron chi connectivity index (χ4n) is 2.80. The Bertz CT molecular complexity index is 718. The van der Waals surface area contributed by atoms with Gasteiger partial charge in [-0.05, 0) is 35.7 Å². The molecule has 0 aromatic heterocycles. The standard InChI is InChI=1S/C17H16FN3/c18-17-13(9-19)2-1-3-14(17)10-21-7-6-12-4-5-16(20)8-15(12)11-21/h1-5,8H,6-7,10-11,20H2. The molecule has 0 saturated heterocycles. The Labute approximate surface area is 123 Å². The molecule has 1 aliphatic heterocycles. The van der Waals surface area contributed by atoms with E-state index in [-0.39, 0.29) is 5.56 Å². The number of rotatable bonds is 2. The molecule has 21 heavy (non-hydrogen) atoms.